The first kappa shape index (κ1) is 14.1. The molecule has 106 valence electrons. The molecule has 0 saturated heterocycles. The van der Waals surface area contributed by atoms with Crippen LogP contribution in [0, 0.1) is 0 Å². The first-order valence-electron chi connectivity index (χ1n) is 5.85. The van der Waals surface area contributed by atoms with Gasteiger partial charge in [0.1, 0.15) is 0 Å². The van der Waals surface area contributed by atoms with Gasteiger partial charge in [-0.15, -0.1) is 0 Å². The highest BCUT2D eigenvalue weighted by Gasteiger charge is 2.15. The summed E-state index contributed by atoms with van der Waals surface area (Å²) in [4.78, 5) is 7.87. The number of hydrogen-bond donors (Lipinski definition) is 2. The van der Waals surface area contributed by atoms with Crippen molar-refractivity contribution in [3.63, 3.8) is 0 Å². The van der Waals surface area contributed by atoms with Gasteiger partial charge in [-0.25, -0.2) is 18.1 Å². The Morgan fingerprint density at radius 2 is 1.95 bits per heavy atom. The molecule has 0 radical (unpaired) electrons. The first-order valence-corrected chi connectivity index (χ1v) is 7.34. The van der Waals surface area contributed by atoms with Crippen LogP contribution >= 0.6 is 0 Å². The van der Waals surface area contributed by atoms with Gasteiger partial charge >= 0.3 is 0 Å². The second-order valence-electron chi connectivity index (χ2n) is 3.83. The van der Waals surface area contributed by atoms with Crippen molar-refractivity contribution >= 4 is 21.7 Å². The van der Waals surface area contributed by atoms with Gasteiger partial charge in [0.15, 0.2) is 0 Å². The van der Waals surface area contributed by atoms with Crippen LogP contribution < -0.4 is 15.2 Å². The van der Waals surface area contributed by atoms with Crippen molar-refractivity contribution < 1.29 is 13.2 Å². The maximum Gasteiger partial charge on any atom is 0.264 e. The Balaban J connectivity index is 2.24. The predicted octanol–water partition coefficient (Wildman–Crippen LogP) is 1.26. The Morgan fingerprint density at radius 1 is 1.25 bits per heavy atom. The molecule has 20 heavy (non-hydrogen) atoms. The number of aromatic nitrogens is 2. The monoisotopic (exact) mass is 294 g/mol. The summed E-state index contributed by atoms with van der Waals surface area (Å²) in [5.74, 6) is 0.255. The summed E-state index contributed by atoms with van der Waals surface area (Å²) in [6, 6.07) is 7.37. The Morgan fingerprint density at radius 3 is 2.60 bits per heavy atom. The molecule has 0 aliphatic heterocycles. The highest BCUT2D eigenvalue weighted by Crippen LogP contribution is 2.16. The number of nitrogen functional groups attached to an aromatic ring is 1. The molecule has 8 heteroatoms. The zero-order chi connectivity index (χ0) is 14.6. The van der Waals surface area contributed by atoms with Crippen LogP contribution in [0.2, 0.25) is 0 Å². The maximum absolute atomic E-state index is 12.1. The number of benzene rings is 1. The summed E-state index contributed by atoms with van der Waals surface area (Å²) in [7, 11) is -3.75. The van der Waals surface area contributed by atoms with Crippen LogP contribution in [0.1, 0.15) is 6.92 Å². The standard InChI is InChI=1S/C12H14N4O3S/c1-2-19-11-7-8-14-12(15-11)16-20(17,18)10-5-3-9(13)4-6-10/h3-8H,2,13H2,1H3,(H,14,15,16). The van der Waals surface area contributed by atoms with Gasteiger partial charge in [0.05, 0.1) is 11.5 Å². The number of ether oxygens (including phenoxy) is 1. The van der Waals surface area contributed by atoms with Crippen LogP contribution in [0.15, 0.2) is 41.4 Å². The fraction of sp³-hybridized carbons (Fsp3) is 0.167. The van der Waals surface area contributed by atoms with Crippen molar-refractivity contribution in [2.45, 2.75) is 11.8 Å². The molecule has 0 amide bonds. The van der Waals surface area contributed by atoms with E-state index < -0.39 is 10.0 Å². The quantitative estimate of drug-likeness (QED) is 0.804. The van der Waals surface area contributed by atoms with Gasteiger partial charge in [-0.1, -0.05) is 0 Å². The topological polar surface area (TPSA) is 107 Å². The van der Waals surface area contributed by atoms with Crippen LogP contribution in [-0.4, -0.2) is 25.0 Å². The molecule has 7 nitrogen and oxygen atoms in total. The maximum atomic E-state index is 12.1. The van der Waals surface area contributed by atoms with Crippen LogP contribution in [-0.2, 0) is 10.0 Å². The Labute approximate surface area is 116 Å². The van der Waals surface area contributed by atoms with Crippen molar-refractivity contribution in [1.82, 2.24) is 9.97 Å². The number of sulfonamides is 1. The lowest BCUT2D eigenvalue weighted by molar-refractivity contribution is 0.327. The van der Waals surface area contributed by atoms with E-state index in [-0.39, 0.29) is 10.8 Å². The molecule has 0 spiro atoms. The number of nitrogens with one attached hydrogen (secondary N) is 1. The van der Waals surface area contributed by atoms with Gasteiger partial charge in [0.25, 0.3) is 10.0 Å². The molecule has 2 aromatic rings. The van der Waals surface area contributed by atoms with E-state index in [1.54, 1.807) is 13.0 Å². The number of nitrogens with two attached hydrogens (primary N) is 1. The molecule has 0 bridgehead atoms. The average molecular weight is 294 g/mol. The van der Waals surface area contributed by atoms with E-state index >= 15 is 0 Å². The number of rotatable bonds is 5. The van der Waals surface area contributed by atoms with Crippen LogP contribution in [0.5, 0.6) is 5.88 Å². The van der Waals surface area contributed by atoms with E-state index in [4.69, 9.17) is 10.5 Å². The van der Waals surface area contributed by atoms with Crippen molar-refractivity contribution in [2.24, 2.45) is 0 Å². The fourth-order valence-corrected chi connectivity index (χ4v) is 2.40. The summed E-state index contributed by atoms with van der Waals surface area (Å²) in [6.45, 7) is 2.24. The Bertz CT molecular complexity index is 686. The highest BCUT2D eigenvalue weighted by molar-refractivity contribution is 7.92. The lowest BCUT2D eigenvalue weighted by Gasteiger charge is -2.08. The van der Waals surface area contributed by atoms with Crippen molar-refractivity contribution in [3.8, 4) is 5.88 Å². The van der Waals surface area contributed by atoms with Crippen molar-refractivity contribution in [3.05, 3.63) is 36.5 Å². The molecule has 0 fully saturated rings. The summed E-state index contributed by atoms with van der Waals surface area (Å²) >= 11 is 0. The average Bonchev–Trinajstić information content (AvgIpc) is 2.39. The molecule has 0 aliphatic carbocycles. The number of anilines is 2. The van der Waals surface area contributed by atoms with E-state index in [1.165, 1.54) is 30.5 Å². The summed E-state index contributed by atoms with van der Waals surface area (Å²) in [6.07, 6.45) is 1.42. The smallest absolute Gasteiger partial charge is 0.264 e. The largest absolute Gasteiger partial charge is 0.478 e. The molecule has 1 aromatic carbocycles. The number of nitrogens with zero attached hydrogens (tertiary/aromatic N) is 2. The number of hydrogen-bond acceptors (Lipinski definition) is 6. The molecular formula is C12H14N4O3S. The normalized spacial score (nSPS) is 11.1. The van der Waals surface area contributed by atoms with E-state index in [1.807, 2.05) is 0 Å². The van der Waals surface area contributed by atoms with E-state index in [0.29, 0.717) is 18.2 Å². The molecule has 1 aromatic heterocycles. The zero-order valence-electron chi connectivity index (χ0n) is 10.8. The molecule has 0 unspecified atom stereocenters. The first-order chi connectivity index (χ1) is 9.51. The van der Waals surface area contributed by atoms with Crippen LogP contribution in [0.25, 0.3) is 0 Å². The van der Waals surface area contributed by atoms with Gasteiger partial charge < -0.3 is 10.5 Å². The third kappa shape index (κ3) is 3.35. The lowest BCUT2D eigenvalue weighted by atomic mass is 10.3. The second kappa shape index (κ2) is 5.74. The summed E-state index contributed by atoms with van der Waals surface area (Å²) < 4.78 is 31.7. The second-order valence-corrected chi connectivity index (χ2v) is 5.51. The zero-order valence-corrected chi connectivity index (χ0v) is 11.6. The summed E-state index contributed by atoms with van der Waals surface area (Å²) in [5, 5.41) is 0. The molecule has 0 saturated carbocycles. The van der Waals surface area contributed by atoms with Crippen molar-refractivity contribution in [2.75, 3.05) is 17.1 Å². The molecule has 1 heterocycles. The summed E-state index contributed by atoms with van der Waals surface area (Å²) in [5.41, 5.74) is 6.00. The fourth-order valence-electron chi connectivity index (χ4n) is 1.45. The van der Waals surface area contributed by atoms with Crippen LogP contribution in [0.3, 0.4) is 0 Å². The van der Waals surface area contributed by atoms with E-state index in [2.05, 4.69) is 14.7 Å². The SMILES string of the molecule is CCOc1ccnc(NS(=O)(=O)c2ccc(N)cc2)n1. The van der Waals surface area contributed by atoms with Crippen LogP contribution in [0.4, 0.5) is 11.6 Å². The molecule has 3 N–H and O–H groups in total. The van der Waals surface area contributed by atoms with Gasteiger partial charge in [-0.3, -0.25) is 0 Å². The molecular weight excluding hydrogens is 280 g/mol. The van der Waals surface area contributed by atoms with Gasteiger partial charge in [0.2, 0.25) is 11.8 Å². The van der Waals surface area contributed by atoms with Gasteiger partial charge in [-0.2, -0.15) is 4.98 Å². The third-order valence-electron chi connectivity index (χ3n) is 2.34. The lowest BCUT2D eigenvalue weighted by Crippen LogP contribution is -2.15. The Kier molecular flexibility index (Phi) is 4.04. The van der Waals surface area contributed by atoms with E-state index in [9.17, 15) is 8.42 Å². The van der Waals surface area contributed by atoms with Gasteiger partial charge in [0, 0.05) is 18.0 Å². The predicted molar refractivity (Wildman–Crippen MR) is 74.9 cm³/mol. The molecule has 0 atom stereocenters. The molecule has 2 rings (SSSR count). The van der Waals surface area contributed by atoms with E-state index in [0.717, 1.165) is 0 Å². The molecule has 0 aliphatic rings. The minimum Gasteiger partial charge on any atom is -0.478 e. The van der Waals surface area contributed by atoms with Crippen molar-refractivity contribution in [1.29, 1.82) is 0 Å². The minimum atomic E-state index is -3.75. The highest BCUT2D eigenvalue weighted by atomic mass is 32.2. The third-order valence-corrected chi connectivity index (χ3v) is 3.68. The Hall–Kier alpha value is -2.35. The minimum absolute atomic E-state index is 0.0484. The van der Waals surface area contributed by atoms with Gasteiger partial charge in [-0.05, 0) is 31.2 Å².